The van der Waals surface area contributed by atoms with Gasteiger partial charge in [0.25, 0.3) is 0 Å². The molecule has 4 rings (SSSR count). The molecule has 132 valence electrons. The van der Waals surface area contributed by atoms with Gasteiger partial charge in [-0.3, -0.25) is 0 Å². The van der Waals surface area contributed by atoms with Gasteiger partial charge in [0.2, 0.25) is 0 Å². The smallest absolute Gasteiger partial charge is 0.00129 e. The summed E-state index contributed by atoms with van der Waals surface area (Å²) < 4.78 is 0. The molecule has 1 aromatic carbocycles. The number of piperidine rings is 1. The van der Waals surface area contributed by atoms with Crippen LogP contribution >= 0.6 is 0 Å². The van der Waals surface area contributed by atoms with E-state index in [9.17, 15) is 0 Å². The van der Waals surface area contributed by atoms with Gasteiger partial charge in [0, 0.05) is 13.1 Å². The molecule has 3 fully saturated rings. The first-order chi connectivity index (χ1) is 11.8. The van der Waals surface area contributed by atoms with Gasteiger partial charge in [0.1, 0.15) is 0 Å². The zero-order valence-electron chi connectivity index (χ0n) is 15.4. The highest BCUT2D eigenvalue weighted by molar-refractivity contribution is 5.20. The number of nitrogens with zero attached hydrogens (tertiary/aromatic N) is 2. The quantitative estimate of drug-likeness (QED) is 0.799. The summed E-state index contributed by atoms with van der Waals surface area (Å²) in [4.78, 5) is 5.29. The second-order valence-corrected chi connectivity index (χ2v) is 8.66. The van der Waals surface area contributed by atoms with Gasteiger partial charge in [-0.2, -0.15) is 0 Å². The van der Waals surface area contributed by atoms with Crippen LogP contribution in [0.1, 0.15) is 50.0 Å². The van der Waals surface area contributed by atoms with Crippen molar-refractivity contribution in [3.05, 3.63) is 35.9 Å². The van der Waals surface area contributed by atoms with Gasteiger partial charge >= 0.3 is 0 Å². The minimum Gasteiger partial charge on any atom is -0.306 e. The molecule has 0 bridgehead atoms. The van der Waals surface area contributed by atoms with Gasteiger partial charge in [-0.05, 0) is 88.0 Å². The average Bonchev–Trinajstić information content (AvgIpc) is 3.19. The first kappa shape index (κ1) is 16.6. The Morgan fingerprint density at radius 1 is 0.958 bits per heavy atom. The van der Waals surface area contributed by atoms with E-state index >= 15 is 0 Å². The zero-order valence-corrected chi connectivity index (χ0v) is 15.4. The third-order valence-electron chi connectivity index (χ3n) is 7.12. The first-order valence-corrected chi connectivity index (χ1v) is 10.3. The number of hydrogen-bond acceptors (Lipinski definition) is 2. The van der Waals surface area contributed by atoms with E-state index in [1.807, 2.05) is 0 Å². The molecule has 3 atom stereocenters. The van der Waals surface area contributed by atoms with Crippen LogP contribution in [0.5, 0.6) is 0 Å². The molecule has 0 radical (unpaired) electrons. The Balaban J connectivity index is 1.39. The third kappa shape index (κ3) is 3.70. The van der Waals surface area contributed by atoms with Crippen molar-refractivity contribution in [2.24, 2.45) is 17.8 Å². The van der Waals surface area contributed by atoms with E-state index in [0.717, 1.165) is 23.7 Å². The van der Waals surface area contributed by atoms with Crippen molar-refractivity contribution in [1.29, 1.82) is 0 Å². The van der Waals surface area contributed by atoms with Crippen LogP contribution in [-0.2, 0) is 0 Å². The average molecular weight is 327 g/mol. The van der Waals surface area contributed by atoms with Gasteiger partial charge in [-0.1, -0.05) is 36.8 Å². The van der Waals surface area contributed by atoms with Gasteiger partial charge in [-0.15, -0.1) is 0 Å². The number of likely N-dealkylation sites (tertiary alicyclic amines) is 2. The summed E-state index contributed by atoms with van der Waals surface area (Å²) in [6.45, 7) is 6.65. The summed E-state index contributed by atoms with van der Waals surface area (Å²) in [6.07, 6.45) is 8.60. The van der Waals surface area contributed by atoms with E-state index in [1.54, 1.807) is 5.56 Å². The highest BCUT2D eigenvalue weighted by Gasteiger charge is 2.36. The second-order valence-electron chi connectivity index (χ2n) is 8.66. The largest absolute Gasteiger partial charge is 0.306 e. The standard InChI is InChI=1S/C22H34N2/c1-23-13-10-19(11-14-23)22(18-6-3-2-4-7-18)12-15-24-16-20-8-5-9-21(20)17-24/h2-4,6-7,19-22H,5,8-17H2,1H3. The number of fused-ring (bicyclic) bond motifs is 1. The molecule has 1 saturated carbocycles. The van der Waals surface area contributed by atoms with E-state index in [1.165, 1.54) is 71.2 Å². The highest BCUT2D eigenvalue weighted by atomic mass is 15.2. The fourth-order valence-corrected chi connectivity index (χ4v) is 5.64. The second kappa shape index (κ2) is 7.58. The number of hydrogen-bond donors (Lipinski definition) is 0. The molecule has 0 amide bonds. The van der Waals surface area contributed by atoms with Crippen molar-refractivity contribution in [2.75, 3.05) is 39.8 Å². The van der Waals surface area contributed by atoms with E-state index in [4.69, 9.17) is 0 Å². The molecule has 3 unspecified atom stereocenters. The minimum atomic E-state index is 0.764. The maximum Gasteiger partial charge on any atom is 0.00129 e. The minimum absolute atomic E-state index is 0.764. The zero-order chi connectivity index (χ0) is 16.4. The van der Waals surface area contributed by atoms with Gasteiger partial charge in [0.15, 0.2) is 0 Å². The van der Waals surface area contributed by atoms with Crippen molar-refractivity contribution in [2.45, 2.75) is 44.4 Å². The van der Waals surface area contributed by atoms with E-state index < -0.39 is 0 Å². The Morgan fingerprint density at radius 3 is 2.29 bits per heavy atom. The summed E-state index contributed by atoms with van der Waals surface area (Å²) in [5.41, 5.74) is 1.59. The lowest BCUT2D eigenvalue weighted by Crippen LogP contribution is -2.34. The summed E-state index contributed by atoms with van der Waals surface area (Å²) in [5, 5.41) is 0. The number of benzene rings is 1. The SMILES string of the molecule is CN1CCC(C(CCN2CC3CCCC3C2)c2ccccc2)CC1. The predicted octanol–water partition coefficient (Wildman–Crippen LogP) is 4.23. The van der Waals surface area contributed by atoms with Gasteiger partial charge < -0.3 is 9.80 Å². The Kier molecular flexibility index (Phi) is 5.24. The summed E-state index contributed by atoms with van der Waals surface area (Å²) >= 11 is 0. The molecule has 0 N–H and O–H groups in total. The first-order valence-electron chi connectivity index (χ1n) is 10.3. The van der Waals surface area contributed by atoms with Crippen LogP contribution in [-0.4, -0.2) is 49.6 Å². The molecule has 2 nitrogen and oxygen atoms in total. The molecule has 1 aliphatic carbocycles. The maximum atomic E-state index is 2.79. The predicted molar refractivity (Wildman–Crippen MR) is 101 cm³/mol. The maximum absolute atomic E-state index is 2.79. The van der Waals surface area contributed by atoms with E-state index in [2.05, 4.69) is 47.2 Å². The highest BCUT2D eigenvalue weighted by Crippen LogP contribution is 2.39. The van der Waals surface area contributed by atoms with Crippen molar-refractivity contribution < 1.29 is 0 Å². The molecule has 1 aromatic rings. The lowest BCUT2D eigenvalue weighted by atomic mass is 9.78. The fourth-order valence-electron chi connectivity index (χ4n) is 5.64. The lowest BCUT2D eigenvalue weighted by molar-refractivity contribution is 0.184. The Labute approximate surface area is 148 Å². The third-order valence-corrected chi connectivity index (χ3v) is 7.12. The van der Waals surface area contributed by atoms with Crippen molar-refractivity contribution in [1.82, 2.24) is 9.80 Å². The van der Waals surface area contributed by atoms with Gasteiger partial charge in [0.05, 0.1) is 0 Å². The van der Waals surface area contributed by atoms with Gasteiger partial charge in [-0.25, -0.2) is 0 Å². The molecule has 2 heterocycles. The molecule has 2 aliphatic heterocycles. The van der Waals surface area contributed by atoms with Crippen molar-refractivity contribution in [3.63, 3.8) is 0 Å². The van der Waals surface area contributed by atoms with Crippen LogP contribution in [0.25, 0.3) is 0 Å². The molecule has 0 aromatic heterocycles. The topological polar surface area (TPSA) is 6.48 Å². The fraction of sp³-hybridized carbons (Fsp3) is 0.727. The Hall–Kier alpha value is -0.860. The molecule has 2 heteroatoms. The number of rotatable bonds is 5. The van der Waals surface area contributed by atoms with E-state index in [0.29, 0.717) is 0 Å². The molecule has 0 spiro atoms. The Morgan fingerprint density at radius 2 is 1.62 bits per heavy atom. The molecular formula is C22H34N2. The van der Waals surface area contributed by atoms with Crippen LogP contribution in [0, 0.1) is 17.8 Å². The van der Waals surface area contributed by atoms with Crippen LogP contribution in [0.15, 0.2) is 30.3 Å². The molecule has 2 saturated heterocycles. The monoisotopic (exact) mass is 326 g/mol. The Bertz CT molecular complexity index is 494. The summed E-state index contributed by atoms with van der Waals surface area (Å²) in [5.74, 6) is 3.71. The summed E-state index contributed by atoms with van der Waals surface area (Å²) in [6, 6.07) is 11.4. The summed E-state index contributed by atoms with van der Waals surface area (Å²) in [7, 11) is 2.27. The van der Waals surface area contributed by atoms with Crippen LogP contribution in [0.2, 0.25) is 0 Å². The van der Waals surface area contributed by atoms with Crippen molar-refractivity contribution in [3.8, 4) is 0 Å². The van der Waals surface area contributed by atoms with Crippen molar-refractivity contribution >= 4 is 0 Å². The van der Waals surface area contributed by atoms with E-state index in [-0.39, 0.29) is 0 Å². The normalized spacial score (nSPS) is 30.5. The molecule has 3 aliphatic rings. The molecule has 24 heavy (non-hydrogen) atoms. The molecular weight excluding hydrogens is 292 g/mol. The van der Waals surface area contributed by atoms with Crippen LogP contribution in [0.4, 0.5) is 0 Å². The van der Waals surface area contributed by atoms with Crippen LogP contribution in [0.3, 0.4) is 0 Å². The van der Waals surface area contributed by atoms with Crippen LogP contribution < -0.4 is 0 Å². The lowest BCUT2D eigenvalue weighted by Gasteiger charge is -2.35.